The smallest absolute Gasteiger partial charge is 0.270 e. The molecule has 1 aromatic rings. The van der Waals surface area contributed by atoms with E-state index in [2.05, 4.69) is 0 Å². The molecule has 0 radical (unpaired) electrons. The van der Waals surface area contributed by atoms with E-state index in [1.54, 1.807) is 0 Å². The molecule has 0 aliphatic rings. The lowest BCUT2D eigenvalue weighted by Gasteiger charge is -2.29. The molecule has 0 bridgehead atoms. The van der Waals surface area contributed by atoms with Crippen molar-refractivity contribution in [1.29, 1.82) is 0 Å². The Kier molecular flexibility index (Phi) is 4.78. The second kappa shape index (κ2) is 5.96. The molecule has 0 atom stereocenters. The minimum Gasteiger partial charge on any atom is -0.341 e. The van der Waals surface area contributed by atoms with Crippen LogP contribution < -0.4 is 5.73 Å². The lowest BCUT2D eigenvalue weighted by Crippen LogP contribution is -2.40. The Morgan fingerprint density at radius 3 is 2.60 bits per heavy atom. The van der Waals surface area contributed by atoms with Crippen LogP contribution in [-0.2, 0) is 0 Å². The Labute approximate surface area is 116 Å². The molecule has 0 heterocycles. The van der Waals surface area contributed by atoms with Gasteiger partial charge in [0, 0.05) is 25.7 Å². The van der Waals surface area contributed by atoms with Crippen LogP contribution in [0.4, 0.5) is 10.1 Å². The van der Waals surface area contributed by atoms with Crippen LogP contribution in [0.5, 0.6) is 0 Å². The maximum atomic E-state index is 13.7. The average Bonchev–Trinajstić information content (AvgIpc) is 2.37. The summed E-state index contributed by atoms with van der Waals surface area (Å²) in [5.41, 5.74) is 4.64. The zero-order valence-electron chi connectivity index (χ0n) is 11.7. The number of non-ortho nitro benzene ring substituents is 1. The van der Waals surface area contributed by atoms with Crippen molar-refractivity contribution in [2.75, 3.05) is 20.1 Å². The van der Waals surface area contributed by atoms with E-state index < -0.39 is 16.6 Å². The van der Waals surface area contributed by atoms with Crippen molar-refractivity contribution in [1.82, 2.24) is 4.90 Å². The van der Waals surface area contributed by atoms with E-state index in [1.165, 1.54) is 11.9 Å². The number of hydrogen-bond acceptors (Lipinski definition) is 4. The molecule has 6 nitrogen and oxygen atoms in total. The van der Waals surface area contributed by atoms with E-state index >= 15 is 0 Å². The highest BCUT2D eigenvalue weighted by Crippen LogP contribution is 2.20. The molecule has 0 saturated carbocycles. The van der Waals surface area contributed by atoms with Gasteiger partial charge in [-0.3, -0.25) is 14.9 Å². The second-order valence-corrected chi connectivity index (χ2v) is 5.45. The monoisotopic (exact) mass is 283 g/mol. The van der Waals surface area contributed by atoms with Crippen LogP contribution in [-0.4, -0.2) is 35.9 Å². The summed E-state index contributed by atoms with van der Waals surface area (Å²) < 4.78 is 13.7. The summed E-state index contributed by atoms with van der Waals surface area (Å²) >= 11 is 0. The van der Waals surface area contributed by atoms with E-state index in [-0.39, 0.29) is 16.7 Å². The number of benzene rings is 1. The van der Waals surface area contributed by atoms with Crippen LogP contribution in [0, 0.1) is 21.3 Å². The lowest BCUT2D eigenvalue weighted by molar-refractivity contribution is -0.384. The first-order valence-corrected chi connectivity index (χ1v) is 6.07. The minimum absolute atomic E-state index is 0.311. The first-order valence-electron chi connectivity index (χ1n) is 6.07. The Hall–Kier alpha value is -2.02. The van der Waals surface area contributed by atoms with Gasteiger partial charge in [-0.1, -0.05) is 13.8 Å². The number of nitrogens with two attached hydrogens (primary N) is 1. The third kappa shape index (κ3) is 3.74. The van der Waals surface area contributed by atoms with Gasteiger partial charge in [0.1, 0.15) is 5.82 Å². The zero-order valence-corrected chi connectivity index (χ0v) is 11.7. The number of nitro benzene ring substituents is 1. The van der Waals surface area contributed by atoms with Gasteiger partial charge in [0.05, 0.1) is 10.5 Å². The Bertz CT molecular complexity index is 532. The van der Waals surface area contributed by atoms with Crippen LogP contribution in [0.25, 0.3) is 0 Å². The fourth-order valence-corrected chi connectivity index (χ4v) is 1.77. The molecule has 1 aromatic carbocycles. The molecule has 0 aliphatic heterocycles. The second-order valence-electron chi connectivity index (χ2n) is 5.45. The number of nitro groups is 1. The van der Waals surface area contributed by atoms with Gasteiger partial charge in [-0.25, -0.2) is 4.39 Å². The quantitative estimate of drug-likeness (QED) is 0.659. The third-order valence-electron chi connectivity index (χ3n) is 2.96. The van der Waals surface area contributed by atoms with Crippen molar-refractivity contribution >= 4 is 11.6 Å². The van der Waals surface area contributed by atoms with Gasteiger partial charge in [-0.15, -0.1) is 0 Å². The minimum atomic E-state index is -0.780. The summed E-state index contributed by atoms with van der Waals surface area (Å²) in [6, 6.07) is 2.90. The van der Waals surface area contributed by atoms with Crippen molar-refractivity contribution in [3.63, 3.8) is 0 Å². The third-order valence-corrected chi connectivity index (χ3v) is 2.96. The number of amides is 1. The highest BCUT2D eigenvalue weighted by Gasteiger charge is 2.25. The zero-order chi connectivity index (χ0) is 15.5. The van der Waals surface area contributed by atoms with Crippen molar-refractivity contribution < 1.29 is 14.1 Å². The van der Waals surface area contributed by atoms with Gasteiger partial charge in [0.25, 0.3) is 11.6 Å². The Balaban J connectivity index is 3.02. The topological polar surface area (TPSA) is 89.5 Å². The lowest BCUT2D eigenvalue weighted by atomic mass is 9.93. The van der Waals surface area contributed by atoms with Gasteiger partial charge in [-0.05, 0) is 18.0 Å². The molecule has 20 heavy (non-hydrogen) atoms. The number of rotatable bonds is 5. The van der Waals surface area contributed by atoms with E-state index in [0.717, 1.165) is 18.2 Å². The summed E-state index contributed by atoms with van der Waals surface area (Å²) in [5.74, 6) is -1.38. The first-order chi connectivity index (χ1) is 9.18. The summed E-state index contributed by atoms with van der Waals surface area (Å²) in [6.45, 7) is 4.44. The molecule has 1 amide bonds. The van der Waals surface area contributed by atoms with Crippen LogP contribution in [0.1, 0.15) is 24.2 Å². The molecule has 0 aromatic heterocycles. The standard InChI is InChI=1S/C13H18FN3O3/c1-13(2,7-15)8-16(3)12(18)10-6-9(17(19)20)4-5-11(10)14/h4-6H,7-8,15H2,1-3H3. The Morgan fingerprint density at radius 1 is 1.50 bits per heavy atom. The maximum Gasteiger partial charge on any atom is 0.270 e. The number of halogens is 1. The van der Waals surface area contributed by atoms with Gasteiger partial charge < -0.3 is 10.6 Å². The van der Waals surface area contributed by atoms with Gasteiger partial charge in [0.15, 0.2) is 0 Å². The summed E-state index contributed by atoms with van der Waals surface area (Å²) in [4.78, 5) is 23.5. The van der Waals surface area contributed by atoms with Crippen molar-refractivity contribution in [3.05, 3.63) is 39.7 Å². The highest BCUT2D eigenvalue weighted by molar-refractivity contribution is 5.95. The molecular weight excluding hydrogens is 265 g/mol. The number of carbonyl (C=O) groups is 1. The van der Waals surface area contributed by atoms with Crippen molar-refractivity contribution in [2.45, 2.75) is 13.8 Å². The normalized spacial score (nSPS) is 11.2. The van der Waals surface area contributed by atoms with Crippen LogP contribution in [0.15, 0.2) is 18.2 Å². The average molecular weight is 283 g/mol. The van der Waals surface area contributed by atoms with E-state index in [1.807, 2.05) is 13.8 Å². The van der Waals surface area contributed by atoms with Crippen molar-refractivity contribution in [2.24, 2.45) is 11.1 Å². The van der Waals surface area contributed by atoms with Crippen LogP contribution in [0.3, 0.4) is 0 Å². The van der Waals surface area contributed by atoms with Gasteiger partial charge in [-0.2, -0.15) is 0 Å². The molecule has 7 heteroatoms. The molecule has 0 unspecified atom stereocenters. The number of carbonyl (C=O) groups excluding carboxylic acids is 1. The molecular formula is C13H18FN3O3. The van der Waals surface area contributed by atoms with Crippen LogP contribution in [0.2, 0.25) is 0 Å². The summed E-state index contributed by atoms with van der Waals surface area (Å²) in [6.07, 6.45) is 0. The predicted octanol–water partition coefficient (Wildman–Crippen LogP) is 1.79. The molecule has 1 rings (SSSR count). The molecule has 0 spiro atoms. The van der Waals surface area contributed by atoms with E-state index in [9.17, 15) is 19.3 Å². The Morgan fingerprint density at radius 2 is 2.10 bits per heavy atom. The van der Waals surface area contributed by atoms with Crippen LogP contribution >= 0.6 is 0 Å². The molecule has 110 valence electrons. The SMILES string of the molecule is CN(CC(C)(C)CN)C(=O)c1cc([N+](=O)[O-])ccc1F. The number of nitrogens with zero attached hydrogens (tertiary/aromatic N) is 2. The van der Waals surface area contributed by atoms with Crippen molar-refractivity contribution in [3.8, 4) is 0 Å². The molecule has 0 saturated heterocycles. The molecule has 2 N–H and O–H groups in total. The maximum absolute atomic E-state index is 13.7. The first kappa shape index (κ1) is 16.0. The van der Waals surface area contributed by atoms with E-state index in [4.69, 9.17) is 5.73 Å². The fourth-order valence-electron chi connectivity index (χ4n) is 1.77. The van der Waals surface area contributed by atoms with Gasteiger partial charge in [0.2, 0.25) is 0 Å². The summed E-state index contributed by atoms with van der Waals surface area (Å²) in [7, 11) is 1.51. The van der Waals surface area contributed by atoms with E-state index in [0.29, 0.717) is 13.1 Å². The highest BCUT2D eigenvalue weighted by atomic mass is 19.1. The van der Waals surface area contributed by atoms with Gasteiger partial charge >= 0.3 is 0 Å². The number of hydrogen-bond donors (Lipinski definition) is 1. The largest absolute Gasteiger partial charge is 0.341 e. The molecule has 0 fully saturated rings. The fraction of sp³-hybridized carbons (Fsp3) is 0.462. The summed E-state index contributed by atoms with van der Waals surface area (Å²) in [5, 5.41) is 10.7. The molecule has 0 aliphatic carbocycles. The predicted molar refractivity (Wildman–Crippen MR) is 72.9 cm³/mol.